The third-order valence-electron chi connectivity index (χ3n) is 3.60. The lowest BCUT2D eigenvalue weighted by Gasteiger charge is -2.19. The summed E-state index contributed by atoms with van der Waals surface area (Å²) in [6, 6.07) is 6.66. The summed E-state index contributed by atoms with van der Waals surface area (Å²) in [7, 11) is 0. The number of nitrogens with zero attached hydrogens (tertiary/aromatic N) is 2. The van der Waals surface area contributed by atoms with Crippen LogP contribution in [0.1, 0.15) is 20.8 Å². The van der Waals surface area contributed by atoms with Gasteiger partial charge in [-0.3, -0.25) is 23.9 Å². The molecule has 3 aromatic rings. The van der Waals surface area contributed by atoms with Crippen molar-refractivity contribution in [2.75, 3.05) is 0 Å². The monoisotopic (exact) mass is 370 g/mol. The maximum atomic E-state index is 12.2. The summed E-state index contributed by atoms with van der Waals surface area (Å²) in [5.74, 6) is -0.638. The number of rotatable bonds is 3. The van der Waals surface area contributed by atoms with Crippen LogP contribution in [0, 0.1) is 0 Å². The highest BCUT2D eigenvalue weighted by molar-refractivity contribution is 5.79. The van der Waals surface area contributed by atoms with Gasteiger partial charge in [-0.25, -0.2) is 9.78 Å². The Morgan fingerprint density at radius 3 is 2.52 bits per heavy atom. The van der Waals surface area contributed by atoms with Gasteiger partial charge in [-0.2, -0.15) is 0 Å². The average Bonchev–Trinajstić information content (AvgIpc) is 2.55. The summed E-state index contributed by atoms with van der Waals surface area (Å²) >= 11 is 0. The van der Waals surface area contributed by atoms with Crippen molar-refractivity contribution in [3.63, 3.8) is 0 Å². The van der Waals surface area contributed by atoms with Crippen molar-refractivity contribution in [3.05, 3.63) is 61.7 Å². The zero-order chi connectivity index (χ0) is 19.8. The summed E-state index contributed by atoms with van der Waals surface area (Å²) in [5, 5.41) is 0.375. The average molecular weight is 370 g/mol. The molecule has 2 aromatic heterocycles. The minimum Gasteiger partial charge on any atom is -0.459 e. The molecule has 0 fully saturated rings. The number of carbonyl (C=O) groups is 1. The quantitative estimate of drug-likeness (QED) is 0.656. The summed E-state index contributed by atoms with van der Waals surface area (Å²) in [6.07, 6.45) is 1.18. The standard InChI is InChI=1S/C18H18N4O5/c1-18(2,3)27-13(23)9-22-8-11(16(25)21-17(22)26)14-19-12-7-5-4-6-10(12)15(24)20-14/h4-8H,9H2,1-3H3,(H,19,20,24)(H,21,25,26). The summed E-state index contributed by atoms with van der Waals surface area (Å²) in [6.45, 7) is 4.72. The first-order valence-electron chi connectivity index (χ1n) is 8.19. The van der Waals surface area contributed by atoms with Gasteiger partial charge in [0.25, 0.3) is 11.1 Å². The molecule has 2 N–H and O–H groups in total. The molecule has 0 aliphatic rings. The predicted molar refractivity (Wildman–Crippen MR) is 98.5 cm³/mol. The van der Waals surface area contributed by atoms with Crippen LogP contribution in [0.25, 0.3) is 22.3 Å². The van der Waals surface area contributed by atoms with Crippen molar-refractivity contribution < 1.29 is 9.53 Å². The zero-order valence-electron chi connectivity index (χ0n) is 15.0. The lowest BCUT2D eigenvalue weighted by Crippen LogP contribution is -2.35. The molecule has 27 heavy (non-hydrogen) atoms. The number of fused-ring (bicyclic) bond motifs is 1. The van der Waals surface area contributed by atoms with Crippen LogP contribution in [0.5, 0.6) is 0 Å². The Kier molecular flexibility index (Phi) is 4.52. The summed E-state index contributed by atoms with van der Waals surface area (Å²) in [4.78, 5) is 57.4. The van der Waals surface area contributed by atoms with Crippen LogP contribution < -0.4 is 16.8 Å². The highest BCUT2D eigenvalue weighted by atomic mass is 16.6. The van der Waals surface area contributed by atoms with Crippen LogP contribution in [0.3, 0.4) is 0 Å². The number of aromatic amines is 2. The largest absolute Gasteiger partial charge is 0.459 e. The van der Waals surface area contributed by atoms with Crippen LogP contribution in [-0.2, 0) is 16.1 Å². The molecular formula is C18H18N4O5. The minimum absolute atomic E-state index is 0.00195. The van der Waals surface area contributed by atoms with E-state index < -0.39 is 34.9 Å². The summed E-state index contributed by atoms with van der Waals surface area (Å²) in [5.41, 5.74) is -2.25. The molecule has 9 nitrogen and oxygen atoms in total. The van der Waals surface area contributed by atoms with Gasteiger partial charge in [0, 0.05) is 6.20 Å². The van der Waals surface area contributed by atoms with Gasteiger partial charge in [0.2, 0.25) is 0 Å². The first-order chi connectivity index (χ1) is 12.6. The highest BCUT2D eigenvalue weighted by Gasteiger charge is 2.18. The van der Waals surface area contributed by atoms with E-state index in [0.717, 1.165) is 4.57 Å². The molecule has 0 saturated heterocycles. The maximum Gasteiger partial charge on any atom is 0.328 e. The van der Waals surface area contributed by atoms with E-state index >= 15 is 0 Å². The van der Waals surface area contributed by atoms with Crippen molar-refractivity contribution in [3.8, 4) is 11.4 Å². The van der Waals surface area contributed by atoms with Crippen molar-refractivity contribution in [1.82, 2.24) is 19.5 Å². The number of ether oxygens (including phenoxy) is 1. The molecule has 0 saturated carbocycles. The van der Waals surface area contributed by atoms with E-state index in [1.54, 1.807) is 45.0 Å². The molecule has 0 bridgehead atoms. The SMILES string of the molecule is CC(C)(C)OC(=O)Cn1cc(-c2nc3ccccc3c(=O)[nH]2)c(=O)[nH]c1=O. The van der Waals surface area contributed by atoms with Gasteiger partial charge >= 0.3 is 11.7 Å². The second-order valence-electron chi connectivity index (χ2n) is 6.95. The Morgan fingerprint density at radius 2 is 1.81 bits per heavy atom. The molecular weight excluding hydrogens is 352 g/mol. The molecule has 0 aliphatic carbocycles. The third-order valence-corrected chi connectivity index (χ3v) is 3.60. The Hall–Kier alpha value is -3.49. The lowest BCUT2D eigenvalue weighted by molar-refractivity contribution is -0.155. The first-order valence-corrected chi connectivity index (χ1v) is 8.19. The molecule has 3 rings (SSSR count). The maximum absolute atomic E-state index is 12.2. The van der Waals surface area contributed by atoms with Crippen molar-refractivity contribution in [2.45, 2.75) is 32.9 Å². The molecule has 0 aliphatic heterocycles. The van der Waals surface area contributed by atoms with Crippen LogP contribution in [0.2, 0.25) is 0 Å². The van der Waals surface area contributed by atoms with E-state index in [2.05, 4.69) is 15.0 Å². The van der Waals surface area contributed by atoms with Gasteiger partial charge in [0.1, 0.15) is 18.0 Å². The fourth-order valence-electron chi connectivity index (χ4n) is 2.52. The van der Waals surface area contributed by atoms with Gasteiger partial charge in [-0.15, -0.1) is 0 Å². The van der Waals surface area contributed by atoms with E-state index in [9.17, 15) is 19.2 Å². The number of hydrogen-bond acceptors (Lipinski definition) is 6. The number of para-hydroxylation sites is 1. The number of aromatic nitrogens is 4. The van der Waals surface area contributed by atoms with Crippen LogP contribution in [0.4, 0.5) is 0 Å². The molecule has 0 spiro atoms. The molecule has 0 atom stereocenters. The van der Waals surface area contributed by atoms with Gasteiger partial charge < -0.3 is 9.72 Å². The van der Waals surface area contributed by atoms with E-state index in [-0.39, 0.29) is 11.4 Å². The Labute approximate surface area is 152 Å². The van der Waals surface area contributed by atoms with E-state index in [0.29, 0.717) is 10.9 Å². The number of nitrogens with one attached hydrogen (secondary N) is 2. The molecule has 1 aromatic carbocycles. The zero-order valence-corrected chi connectivity index (χ0v) is 15.0. The molecule has 2 heterocycles. The molecule has 9 heteroatoms. The number of carbonyl (C=O) groups excluding carboxylic acids is 1. The second kappa shape index (κ2) is 6.67. The molecule has 140 valence electrons. The van der Waals surface area contributed by atoms with Gasteiger partial charge in [0.15, 0.2) is 0 Å². The van der Waals surface area contributed by atoms with Gasteiger partial charge in [-0.05, 0) is 32.9 Å². The smallest absolute Gasteiger partial charge is 0.328 e. The van der Waals surface area contributed by atoms with Crippen molar-refractivity contribution >= 4 is 16.9 Å². The van der Waals surface area contributed by atoms with Crippen LogP contribution in [0.15, 0.2) is 44.8 Å². The Morgan fingerprint density at radius 1 is 1.11 bits per heavy atom. The number of H-pyrrole nitrogens is 2. The van der Waals surface area contributed by atoms with E-state index in [1.807, 2.05) is 0 Å². The topological polar surface area (TPSA) is 127 Å². The van der Waals surface area contributed by atoms with E-state index in [1.165, 1.54) is 6.20 Å². The Bertz CT molecular complexity index is 1200. The fourth-order valence-corrected chi connectivity index (χ4v) is 2.52. The fraction of sp³-hybridized carbons (Fsp3) is 0.278. The second-order valence-corrected chi connectivity index (χ2v) is 6.95. The summed E-state index contributed by atoms with van der Waals surface area (Å²) < 4.78 is 6.19. The van der Waals surface area contributed by atoms with Crippen molar-refractivity contribution in [2.24, 2.45) is 0 Å². The lowest BCUT2D eigenvalue weighted by atomic mass is 10.2. The third kappa shape index (κ3) is 4.02. The normalized spacial score (nSPS) is 11.5. The number of benzene rings is 1. The van der Waals surface area contributed by atoms with Crippen LogP contribution in [-0.4, -0.2) is 31.1 Å². The Balaban J connectivity index is 2.07. The van der Waals surface area contributed by atoms with Gasteiger partial charge in [0.05, 0.1) is 16.5 Å². The molecule has 0 amide bonds. The minimum atomic E-state index is -0.766. The molecule has 0 unspecified atom stereocenters. The molecule has 0 radical (unpaired) electrons. The number of esters is 1. The first kappa shape index (κ1) is 18.3. The number of hydrogen-bond donors (Lipinski definition) is 2. The predicted octanol–water partition coefficient (Wildman–Crippen LogP) is 0.782. The van der Waals surface area contributed by atoms with Gasteiger partial charge in [-0.1, -0.05) is 12.1 Å². The highest BCUT2D eigenvalue weighted by Crippen LogP contribution is 2.12. The van der Waals surface area contributed by atoms with E-state index in [4.69, 9.17) is 4.74 Å². The van der Waals surface area contributed by atoms with Crippen LogP contribution >= 0.6 is 0 Å². The van der Waals surface area contributed by atoms with Crippen molar-refractivity contribution in [1.29, 1.82) is 0 Å².